The lowest BCUT2D eigenvalue weighted by Crippen LogP contribution is -2.04. The van der Waals surface area contributed by atoms with Crippen LogP contribution < -0.4 is 0 Å². The lowest BCUT2D eigenvalue weighted by Gasteiger charge is -2.14. The number of pyridine rings is 1. The fraction of sp³-hybridized carbons (Fsp3) is 0.0625. The minimum absolute atomic E-state index is 0.0320. The van der Waals surface area contributed by atoms with Crippen LogP contribution in [0.3, 0.4) is 0 Å². The molecule has 0 fully saturated rings. The van der Waals surface area contributed by atoms with E-state index in [2.05, 4.69) is 4.98 Å². The second-order valence-corrected chi connectivity index (χ2v) is 4.52. The molecular formula is C16H11F2NO. The summed E-state index contributed by atoms with van der Waals surface area (Å²) in [4.78, 5) is 4.05. The first-order chi connectivity index (χ1) is 9.66. The van der Waals surface area contributed by atoms with Crippen LogP contribution in [0.2, 0.25) is 0 Å². The average Bonchev–Trinajstić information content (AvgIpc) is 2.46. The maximum Gasteiger partial charge on any atom is 0.132 e. The highest BCUT2D eigenvalue weighted by Crippen LogP contribution is 2.29. The number of aliphatic hydroxyl groups is 1. The monoisotopic (exact) mass is 271 g/mol. The zero-order valence-electron chi connectivity index (χ0n) is 10.4. The van der Waals surface area contributed by atoms with Gasteiger partial charge in [0.2, 0.25) is 0 Å². The zero-order chi connectivity index (χ0) is 14.1. The molecule has 0 radical (unpaired) electrons. The van der Waals surface area contributed by atoms with Crippen molar-refractivity contribution in [1.29, 1.82) is 0 Å². The van der Waals surface area contributed by atoms with E-state index in [0.717, 1.165) is 22.9 Å². The number of aliphatic hydroxyl groups excluding tert-OH is 1. The first-order valence-electron chi connectivity index (χ1n) is 6.12. The molecule has 1 unspecified atom stereocenters. The highest BCUT2D eigenvalue weighted by molar-refractivity contribution is 5.85. The van der Waals surface area contributed by atoms with Crippen molar-refractivity contribution in [2.45, 2.75) is 6.10 Å². The molecule has 0 aliphatic rings. The van der Waals surface area contributed by atoms with Crippen molar-refractivity contribution in [1.82, 2.24) is 4.98 Å². The van der Waals surface area contributed by atoms with Crippen molar-refractivity contribution in [2.24, 2.45) is 0 Å². The summed E-state index contributed by atoms with van der Waals surface area (Å²) in [7, 11) is 0. The van der Waals surface area contributed by atoms with Gasteiger partial charge in [0.15, 0.2) is 0 Å². The van der Waals surface area contributed by atoms with Crippen molar-refractivity contribution in [3.63, 3.8) is 0 Å². The molecule has 1 atom stereocenters. The van der Waals surface area contributed by atoms with Gasteiger partial charge in [0.25, 0.3) is 0 Å². The minimum atomic E-state index is -1.19. The standard InChI is InChI=1S/C16H11F2NO/c17-11-5-6-13(15(18)7-11)16(20)14-9-19-8-10-3-1-2-4-12(10)14/h1-9,16,20H. The maximum absolute atomic E-state index is 13.8. The maximum atomic E-state index is 13.8. The third-order valence-electron chi connectivity index (χ3n) is 3.25. The number of hydrogen-bond donors (Lipinski definition) is 1. The second-order valence-electron chi connectivity index (χ2n) is 4.52. The molecule has 3 rings (SSSR count). The highest BCUT2D eigenvalue weighted by atomic mass is 19.1. The van der Waals surface area contributed by atoms with E-state index >= 15 is 0 Å². The molecule has 2 nitrogen and oxygen atoms in total. The number of nitrogens with zero attached hydrogens (tertiary/aromatic N) is 1. The molecule has 1 N–H and O–H groups in total. The normalized spacial score (nSPS) is 12.6. The summed E-state index contributed by atoms with van der Waals surface area (Å²) in [6, 6.07) is 10.5. The third kappa shape index (κ3) is 2.14. The Kier molecular flexibility index (Phi) is 3.16. The molecular weight excluding hydrogens is 260 g/mol. The molecule has 1 heterocycles. The Bertz CT molecular complexity index is 768. The molecule has 0 spiro atoms. The Hall–Kier alpha value is -2.33. The number of hydrogen-bond acceptors (Lipinski definition) is 2. The Balaban J connectivity index is 2.15. The summed E-state index contributed by atoms with van der Waals surface area (Å²) in [5, 5.41) is 12.0. The fourth-order valence-corrected chi connectivity index (χ4v) is 2.25. The van der Waals surface area contributed by atoms with Crippen molar-refractivity contribution < 1.29 is 13.9 Å². The predicted octanol–water partition coefficient (Wildman–Crippen LogP) is 3.59. The molecule has 0 aliphatic carbocycles. The number of benzene rings is 2. The molecule has 1 aromatic heterocycles. The second kappa shape index (κ2) is 4.98. The van der Waals surface area contributed by atoms with Crippen molar-refractivity contribution >= 4 is 10.8 Å². The van der Waals surface area contributed by atoms with Gasteiger partial charge in [-0.3, -0.25) is 4.98 Å². The summed E-state index contributed by atoms with van der Waals surface area (Å²) < 4.78 is 26.7. The van der Waals surface area contributed by atoms with Gasteiger partial charge in [-0.25, -0.2) is 8.78 Å². The highest BCUT2D eigenvalue weighted by Gasteiger charge is 2.18. The summed E-state index contributed by atoms with van der Waals surface area (Å²) in [5.74, 6) is -1.44. The van der Waals surface area contributed by atoms with E-state index in [-0.39, 0.29) is 5.56 Å². The average molecular weight is 271 g/mol. The lowest BCUT2D eigenvalue weighted by molar-refractivity contribution is 0.216. The quantitative estimate of drug-likeness (QED) is 0.772. The molecule has 2 aromatic carbocycles. The van der Waals surface area contributed by atoms with Gasteiger partial charge in [-0.1, -0.05) is 30.3 Å². The van der Waals surface area contributed by atoms with E-state index in [1.54, 1.807) is 6.20 Å². The van der Waals surface area contributed by atoms with Crippen molar-refractivity contribution in [3.8, 4) is 0 Å². The van der Waals surface area contributed by atoms with E-state index in [0.29, 0.717) is 5.56 Å². The van der Waals surface area contributed by atoms with Crippen LogP contribution in [0.25, 0.3) is 10.8 Å². The summed E-state index contributed by atoms with van der Waals surface area (Å²) in [6.45, 7) is 0. The third-order valence-corrected chi connectivity index (χ3v) is 3.25. The van der Waals surface area contributed by atoms with E-state index in [9.17, 15) is 13.9 Å². The molecule has 0 amide bonds. The smallest absolute Gasteiger partial charge is 0.132 e. The Labute approximate surface area is 114 Å². The van der Waals surface area contributed by atoms with Crippen LogP contribution in [0.1, 0.15) is 17.2 Å². The van der Waals surface area contributed by atoms with Crippen LogP contribution in [0, 0.1) is 11.6 Å². The van der Waals surface area contributed by atoms with Gasteiger partial charge in [-0.2, -0.15) is 0 Å². The topological polar surface area (TPSA) is 33.1 Å². The SMILES string of the molecule is OC(c1ccc(F)cc1F)c1cncc2ccccc12. The van der Waals surface area contributed by atoms with E-state index in [4.69, 9.17) is 0 Å². The molecule has 0 saturated heterocycles. The van der Waals surface area contributed by atoms with E-state index in [1.807, 2.05) is 24.3 Å². The molecule has 20 heavy (non-hydrogen) atoms. The number of halogens is 2. The van der Waals surface area contributed by atoms with Crippen LogP contribution in [0.15, 0.2) is 54.9 Å². The van der Waals surface area contributed by atoms with Gasteiger partial charge in [0.05, 0.1) is 0 Å². The molecule has 100 valence electrons. The van der Waals surface area contributed by atoms with Crippen LogP contribution in [-0.4, -0.2) is 10.1 Å². The summed E-state index contributed by atoms with van der Waals surface area (Å²) in [5.41, 5.74) is 0.526. The zero-order valence-corrected chi connectivity index (χ0v) is 10.4. The van der Waals surface area contributed by atoms with Gasteiger partial charge < -0.3 is 5.11 Å². The van der Waals surface area contributed by atoms with E-state index < -0.39 is 17.7 Å². The van der Waals surface area contributed by atoms with Gasteiger partial charge in [-0.05, 0) is 11.5 Å². The minimum Gasteiger partial charge on any atom is -0.383 e. The summed E-state index contributed by atoms with van der Waals surface area (Å²) >= 11 is 0. The molecule has 0 saturated carbocycles. The van der Waals surface area contributed by atoms with Gasteiger partial charge in [0.1, 0.15) is 17.7 Å². The van der Waals surface area contributed by atoms with Crippen LogP contribution in [-0.2, 0) is 0 Å². The lowest BCUT2D eigenvalue weighted by atomic mass is 9.98. The Morgan fingerprint density at radius 1 is 0.950 bits per heavy atom. The number of rotatable bonds is 2. The van der Waals surface area contributed by atoms with Crippen LogP contribution >= 0.6 is 0 Å². The molecule has 0 aliphatic heterocycles. The van der Waals surface area contributed by atoms with E-state index in [1.165, 1.54) is 12.3 Å². The van der Waals surface area contributed by atoms with Crippen LogP contribution in [0.5, 0.6) is 0 Å². The van der Waals surface area contributed by atoms with Gasteiger partial charge in [0, 0.05) is 35.0 Å². The summed E-state index contributed by atoms with van der Waals surface area (Å²) in [6.07, 6.45) is 1.98. The van der Waals surface area contributed by atoms with Crippen molar-refractivity contribution in [3.05, 3.63) is 77.6 Å². The van der Waals surface area contributed by atoms with Crippen molar-refractivity contribution in [2.75, 3.05) is 0 Å². The van der Waals surface area contributed by atoms with Crippen LogP contribution in [0.4, 0.5) is 8.78 Å². The first-order valence-corrected chi connectivity index (χ1v) is 6.12. The molecule has 0 bridgehead atoms. The molecule has 3 aromatic rings. The Morgan fingerprint density at radius 2 is 1.75 bits per heavy atom. The number of fused-ring (bicyclic) bond motifs is 1. The number of aromatic nitrogens is 1. The Morgan fingerprint density at radius 3 is 2.55 bits per heavy atom. The fourth-order valence-electron chi connectivity index (χ4n) is 2.25. The largest absolute Gasteiger partial charge is 0.383 e. The molecule has 4 heteroatoms. The predicted molar refractivity (Wildman–Crippen MR) is 72.2 cm³/mol. The first kappa shape index (κ1) is 12.7. The van der Waals surface area contributed by atoms with Gasteiger partial charge >= 0.3 is 0 Å². The van der Waals surface area contributed by atoms with Gasteiger partial charge in [-0.15, -0.1) is 0 Å².